The van der Waals surface area contributed by atoms with Gasteiger partial charge in [-0.2, -0.15) is 0 Å². The maximum atomic E-state index is 11.0. The Balaban J connectivity index is 0. The van der Waals surface area contributed by atoms with Gasteiger partial charge in [-0.05, 0) is 27.2 Å². The summed E-state index contributed by atoms with van der Waals surface area (Å²) >= 11 is 0. The fourth-order valence-electron chi connectivity index (χ4n) is 1.03. The number of nitrogens with zero attached hydrogens (tertiary/aromatic N) is 3. The molecule has 0 heterocycles. The van der Waals surface area contributed by atoms with Crippen molar-refractivity contribution in [3.05, 3.63) is 10.1 Å². The molecule has 6 heteroatoms. The molecule has 0 unspecified atom stereocenters. The van der Waals surface area contributed by atoms with Crippen molar-refractivity contribution in [2.45, 2.75) is 46.1 Å². The van der Waals surface area contributed by atoms with Gasteiger partial charge in [0.2, 0.25) is 0 Å². The normalized spacial score (nSPS) is 11.0. The molecular weight excluding hydrogens is 193 g/mol. The van der Waals surface area contributed by atoms with Crippen molar-refractivity contribution in [3.63, 3.8) is 0 Å². The van der Waals surface area contributed by atoms with Crippen LogP contribution in [0, 0.1) is 10.1 Å². The summed E-state index contributed by atoms with van der Waals surface area (Å²) in [5.74, 6) is 0. The summed E-state index contributed by atoms with van der Waals surface area (Å²) in [6.07, 6.45) is 1.87. The van der Waals surface area contributed by atoms with Crippen LogP contribution < -0.4 is 29.6 Å². The van der Waals surface area contributed by atoms with Gasteiger partial charge in [0.15, 0.2) is 0 Å². The summed E-state index contributed by atoms with van der Waals surface area (Å²) < 4.78 is 0. The molecule has 0 rings (SSSR count). The van der Waals surface area contributed by atoms with E-state index in [0.717, 1.165) is 12.8 Å². The van der Waals surface area contributed by atoms with Gasteiger partial charge in [0.1, 0.15) is 0 Å². The van der Waals surface area contributed by atoms with Crippen LogP contribution in [0.1, 0.15) is 40.5 Å². The van der Waals surface area contributed by atoms with Crippen molar-refractivity contribution >= 4 is 0 Å². The number of hydrazine groups is 1. The Labute approximate surface area is 108 Å². The van der Waals surface area contributed by atoms with Gasteiger partial charge in [0.25, 0.3) is 0 Å². The summed E-state index contributed by atoms with van der Waals surface area (Å²) in [5, 5.41) is 14.9. The number of unbranched alkanes of at least 4 members (excludes halogenated alkanes) is 1. The molecule has 0 aromatic heterocycles. The maximum Gasteiger partial charge on any atom is 1.00 e. The molecule has 0 saturated carbocycles. The minimum atomic E-state index is -0.356. The molecule has 0 aromatic rings. The van der Waals surface area contributed by atoms with Crippen LogP contribution in [0.15, 0.2) is 5.29 Å². The summed E-state index contributed by atoms with van der Waals surface area (Å²) in [7, 11) is 0. The Morgan fingerprint density at radius 1 is 1.36 bits per heavy atom. The smallest absolute Gasteiger partial charge is 0.724 e. The molecular formula is C8H18N3NaO2. The fraction of sp³-hybridized carbons (Fsp3) is 1.00. The van der Waals surface area contributed by atoms with Crippen LogP contribution in [0.5, 0.6) is 0 Å². The maximum absolute atomic E-state index is 11.0. The van der Waals surface area contributed by atoms with E-state index in [1.165, 1.54) is 5.01 Å². The van der Waals surface area contributed by atoms with Gasteiger partial charge in [-0.15, -0.1) is 4.91 Å². The first-order valence-electron chi connectivity index (χ1n) is 4.51. The van der Waals surface area contributed by atoms with Gasteiger partial charge >= 0.3 is 29.6 Å². The first kappa shape index (κ1) is 16.7. The Morgan fingerprint density at radius 2 is 1.86 bits per heavy atom. The Morgan fingerprint density at radius 3 is 2.14 bits per heavy atom. The van der Waals surface area contributed by atoms with E-state index in [2.05, 4.69) is 5.29 Å². The predicted octanol–water partition coefficient (Wildman–Crippen LogP) is -0.713. The number of rotatable bonds is 5. The van der Waals surface area contributed by atoms with E-state index in [-0.39, 0.29) is 40.4 Å². The average Bonchev–Trinajstić information content (AvgIpc) is 2.02. The molecule has 5 nitrogen and oxygen atoms in total. The third kappa shape index (κ3) is 5.93. The van der Waals surface area contributed by atoms with Crippen LogP contribution in [0.2, 0.25) is 0 Å². The van der Waals surface area contributed by atoms with Gasteiger partial charge in [-0.1, -0.05) is 13.3 Å². The third-order valence-corrected chi connectivity index (χ3v) is 1.77. The molecule has 0 aliphatic carbocycles. The molecule has 0 saturated heterocycles. The summed E-state index contributed by atoms with van der Waals surface area (Å²) in [6.45, 7) is 8.22. The van der Waals surface area contributed by atoms with Gasteiger partial charge in [-0.3, -0.25) is 5.28 Å². The second kappa shape index (κ2) is 7.59. The summed E-state index contributed by atoms with van der Waals surface area (Å²) in [6, 6.07) is 0. The van der Waals surface area contributed by atoms with E-state index >= 15 is 0 Å². The molecule has 0 spiro atoms. The Hall–Kier alpha value is 0.320. The van der Waals surface area contributed by atoms with Crippen molar-refractivity contribution in [1.29, 1.82) is 0 Å². The predicted molar refractivity (Wildman–Crippen MR) is 52.4 cm³/mol. The van der Waals surface area contributed by atoms with Crippen LogP contribution in [0.4, 0.5) is 0 Å². The van der Waals surface area contributed by atoms with E-state index in [0.29, 0.717) is 6.54 Å². The van der Waals surface area contributed by atoms with Crippen molar-refractivity contribution in [3.8, 4) is 0 Å². The van der Waals surface area contributed by atoms with Crippen molar-refractivity contribution < 1.29 is 29.6 Å². The first-order chi connectivity index (χ1) is 5.93. The zero-order chi connectivity index (χ0) is 10.5. The molecule has 0 amide bonds. The third-order valence-electron chi connectivity index (χ3n) is 1.77. The van der Waals surface area contributed by atoms with Gasteiger partial charge in [0.05, 0.1) is 5.29 Å². The quantitative estimate of drug-likeness (QED) is 0.342. The molecule has 0 aliphatic heterocycles. The first-order valence-corrected chi connectivity index (χ1v) is 4.51. The van der Waals surface area contributed by atoms with Crippen LogP contribution >= 0.6 is 0 Å². The van der Waals surface area contributed by atoms with E-state index in [4.69, 9.17) is 0 Å². The summed E-state index contributed by atoms with van der Waals surface area (Å²) in [4.78, 5) is 10.1. The van der Waals surface area contributed by atoms with Gasteiger partial charge < -0.3 is 5.21 Å². The van der Waals surface area contributed by atoms with E-state index in [1.54, 1.807) is 0 Å². The van der Waals surface area contributed by atoms with E-state index in [9.17, 15) is 10.1 Å². The van der Waals surface area contributed by atoms with E-state index in [1.807, 2.05) is 27.7 Å². The molecule has 0 aliphatic rings. The monoisotopic (exact) mass is 211 g/mol. The molecule has 0 bridgehead atoms. The number of hydrogen-bond acceptors (Lipinski definition) is 4. The molecule has 0 aromatic carbocycles. The Bertz CT molecular complexity index is 161. The van der Waals surface area contributed by atoms with Crippen LogP contribution in [-0.4, -0.2) is 22.4 Å². The fourth-order valence-corrected chi connectivity index (χ4v) is 1.03. The van der Waals surface area contributed by atoms with Gasteiger partial charge in [-0.25, -0.2) is 5.01 Å². The minimum absolute atomic E-state index is 0. The SMILES string of the molecule is CCCCN(N([O-])N=O)C(C)(C)C.[Na+]. The molecule has 0 N–H and O–H groups in total. The topological polar surface area (TPSA) is 59.0 Å². The van der Waals surface area contributed by atoms with Crippen LogP contribution in [0.3, 0.4) is 0 Å². The van der Waals surface area contributed by atoms with Gasteiger partial charge in [0, 0.05) is 12.1 Å². The van der Waals surface area contributed by atoms with E-state index < -0.39 is 0 Å². The Kier molecular flexibility index (Phi) is 9.08. The van der Waals surface area contributed by atoms with Crippen LogP contribution in [-0.2, 0) is 0 Å². The second-order valence-corrected chi connectivity index (χ2v) is 3.98. The van der Waals surface area contributed by atoms with Crippen LogP contribution in [0.25, 0.3) is 0 Å². The zero-order valence-corrected chi connectivity index (χ0v) is 11.8. The largest absolute Gasteiger partial charge is 1.00 e. The molecule has 14 heavy (non-hydrogen) atoms. The zero-order valence-electron chi connectivity index (χ0n) is 9.78. The van der Waals surface area contributed by atoms with Crippen molar-refractivity contribution in [1.82, 2.24) is 10.3 Å². The number of hydrogen-bond donors (Lipinski definition) is 0. The molecule has 78 valence electrons. The van der Waals surface area contributed by atoms with Crippen molar-refractivity contribution in [2.75, 3.05) is 6.54 Å². The summed E-state index contributed by atoms with van der Waals surface area (Å²) in [5.41, 5.74) is -0.356. The second-order valence-electron chi connectivity index (χ2n) is 3.98. The average molecular weight is 211 g/mol. The number of nitroso groups, excluding NO2 is 1. The standard InChI is InChI=1S/C8H18N3O2.Na/c1-5-6-7-10(8(2,3)4)11(13)9-12;/h5-7H2,1-4H3;/q-1;+1. The molecule has 0 atom stereocenters. The molecule has 0 fully saturated rings. The minimum Gasteiger partial charge on any atom is -0.724 e. The molecule has 0 radical (unpaired) electrons. The van der Waals surface area contributed by atoms with Crippen molar-refractivity contribution in [2.24, 2.45) is 5.29 Å².